The lowest BCUT2D eigenvalue weighted by Crippen LogP contribution is -2.41. The summed E-state index contributed by atoms with van der Waals surface area (Å²) in [6.45, 7) is 14.3. The lowest BCUT2D eigenvalue weighted by atomic mass is 9.75. The molecule has 1 aliphatic carbocycles. The summed E-state index contributed by atoms with van der Waals surface area (Å²) in [5.74, 6) is 0.424. The van der Waals surface area contributed by atoms with Gasteiger partial charge in [0.1, 0.15) is 5.60 Å². The van der Waals surface area contributed by atoms with Crippen molar-refractivity contribution >= 4 is 6.09 Å². The van der Waals surface area contributed by atoms with Gasteiger partial charge in [0.25, 0.3) is 0 Å². The number of carbonyl (C=O) groups is 1. The highest BCUT2D eigenvalue weighted by atomic mass is 16.6. The van der Waals surface area contributed by atoms with E-state index in [9.17, 15) is 4.79 Å². The van der Waals surface area contributed by atoms with Crippen LogP contribution in [0.2, 0.25) is 0 Å². The van der Waals surface area contributed by atoms with Gasteiger partial charge in [-0.25, -0.2) is 4.79 Å². The fourth-order valence-corrected chi connectivity index (χ4v) is 2.92. The van der Waals surface area contributed by atoms with Crippen LogP contribution in [0.3, 0.4) is 0 Å². The second-order valence-corrected chi connectivity index (χ2v) is 8.81. The molecule has 0 aliphatic heterocycles. The minimum absolute atomic E-state index is 0.237. The zero-order chi connectivity index (χ0) is 17.0. The van der Waals surface area contributed by atoms with Gasteiger partial charge in [-0.2, -0.15) is 0 Å². The first-order valence-corrected chi connectivity index (χ1v) is 8.66. The van der Waals surface area contributed by atoms with Gasteiger partial charge in [-0.05, 0) is 64.3 Å². The van der Waals surface area contributed by atoms with E-state index in [4.69, 9.17) is 4.74 Å². The number of rotatable bonds is 5. The van der Waals surface area contributed by atoms with Crippen molar-refractivity contribution in [3.63, 3.8) is 0 Å². The van der Waals surface area contributed by atoms with E-state index >= 15 is 0 Å². The number of amides is 1. The maximum absolute atomic E-state index is 12.0. The van der Waals surface area contributed by atoms with E-state index in [2.05, 4.69) is 26.1 Å². The summed E-state index contributed by atoms with van der Waals surface area (Å²) in [7, 11) is 1.81. The van der Waals surface area contributed by atoms with Crippen LogP contribution in [0, 0.1) is 11.3 Å². The second kappa shape index (κ2) is 7.67. The van der Waals surface area contributed by atoms with Crippen LogP contribution >= 0.6 is 0 Å². The fraction of sp³-hybridized carbons (Fsp3) is 0.944. The molecular weight excluding hydrogens is 276 g/mol. The molecule has 22 heavy (non-hydrogen) atoms. The van der Waals surface area contributed by atoms with Crippen LogP contribution < -0.4 is 5.32 Å². The number of nitrogens with one attached hydrogen (secondary N) is 1. The van der Waals surface area contributed by atoms with Crippen molar-refractivity contribution in [2.24, 2.45) is 11.3 Å². The molecule has 0 bridgehead atoms. The fourth-order valence-electron chi connectivity index (χ4n) is 2.92. The molecule has 1 atom stereocenters. The van der Waals surface area contributed by atoms with Gasteiger partial charge < -0.3 is 15.0 Å². The summed E-state index contributed by atoms with van der Waals surface area (Å²) in [6, 6.07) is 0.641. The molecule has 0 radical (unpaired) electrons. The van der Waals surface area contributed by atoms with E-state index in [0.717, 1.165) is 13.1 Å². The number of hydrogen-bond donors (Lipinski definition) is 1. The van der Waals surface area contributed by atoms with E-state index in [-0.39, 0.29) is 6.09 Å². The molecule has 0 spiro atoms. The Bertz CT molecular complexity index is 351. The van der Waals surface area contributed by atoms with Gasteiger partial charge >= 0.3 is 6.09 Å². The molecule has 4 heteroatoms. The van der Waals surface area contributed by atoms with Crippen LogP contribution in [0.4, 0.5) is 4.79 Å². The summed E-state index contributed by atoms with van der Waals surface area (Å²) in [6.07, 6.45) is 4.90. The summed E-state index contributed by atoms with van der Waals surface area (Å²) in [5.41, 5.74) is 0.0858. The molecule has 0 aromatic heterocycles. The van der Waals surface area contributed by atoms with E-state index < -0.39 is 5.60 Å². The molecule has 1 saturated carbocycles. The molecule has 0 aromatic carbocycles. The lowest BCUT2D eigenvalue weighted by Gasteiger charge is -2.35. The van der Waals surface area contributed by atoms with Crippen LogP contribution in [-0.4, -0.2) is 42.8 Å². The predicted octanol–water partition coefficient (Wildman–Crippen LogP) is 4.05. The average molecular weight is 312 g/mol. The van der Waals surface area contributed by atoms with E-state index in [1.807, 2.05) is 27.8 Å². The Hall–Kier alpha value is -0.770. The maximum Gasteiger partial charge on any atom is 0.410 e. The Labute approximate surface area is 137 Å². The zero-order valence-corrected chi connectivity index (χ0v) is 15.7. The van der Waals surface area contributed by atoms with Crippen molar-refractivity contribution in [2.45, 2.75) is 78.9 Å². The Balaban J connectivity index is 2.26. The minimum Gasteiger partial charge on any atom is -0.444 e. The van der Waals surface area contributed by atoms with Gasteiger partial charge in [0, 0.05) is 19.6 Å². The summed E-state index contributed by atoms with van der Waals surface area (Å²) >= 11 is 0. The van der Waals surface area contributed by atoms with Gasteiger partial charge in [-0.1, -0.05) is 20.8 Å². The minimum atomic E-state index is -0.429. The SMILES string of the molecule is CC(CNC1CCC(C)(C)CC1)CN(C)C(=O)OC(C)(C)C. The molecule has 0 saturated heterocycles. The van der Waals surface area contributed by atoms with Crippen molar-refractivity contribution in [3.8, 4) is 0 Å². The third-order valence-electron chi connectivity index (χ3n) is 4.38. The second-order valence-electron chi connectivity index (χ2n) is 8.81. The molecule has 1 N–H and O–H groups in total. The third-order valence-corrected chi connectivity index (χ3v) is 4.38. The first-order chi connectivity index (χ1) is 9.98. The summed E-state index contributed by atoms with van der Waals surface area (Å²) in [5, 5.41) is 3.67. The monoisotopic (exact) mass is 312 g/mol. The molecule has 1 unspecified atom stereocenters. The van der Waals surface area contributed by atoms with Crippen molar-refractivity contribution in [1.29, 1.82) is 0 Å². The normalized spacial score (nSPS) is 20.5. The van der Waals surface area contributed by atoms with Crippen LogP contribution in [0.1, 0.15) is 67.2 Å². The van der Waals surface area contributed by atoms with Crippen molar-refractivity contribution < 1.29 is 9.53 Å². The highest BCUT2D eigenvalue weighted by Gasteiger charge is 2.27. The highest BCUT2D eigenvalue weighted by molar-refractivity contribution is 5.67. The van der Waals surface area contributed by atoms with E-state index in [1.165, 1.54) is 25.7 Å². The third kappa shape index (κ3) is 7.48. The maximum atomic E-state index is 12.0. The standard InChI is InChI=1S/C18H36N2O2/c1-14(13-20(7)16(21)22-17(2,3)4)12-19-15-8-10-18(5,6)11-9-15/h14-15,19H,8-13H2,1-7H3. The zero-order valence-electron chi connectivity index (χ0n) is 15.7. The Morgan fingerprint density at radius 1 is 1.32 bits per heavy atom. The van der Waals surface area contributed by atoms with Crippen molar-refractivity contribution in [1.82, 2.24) is 10.2 Å². The molecule has 1 rings (SSSR count). The number of ether oxygens (including phenoxy) is 1. The Kier molecular flexibility index (Phi) is 6.72. The average Bonchev–Trinajstić information content (AvgIpc) is 2.35. The number of nitrogens with zero attached hydrogens (tertiary/aromatic N) is 1. The topological polar surface area (TPSA) is 41.6 Å². The number of hydrogen-bond acceptors (Lipinski definition) is 3. The van der Waals surface area contributed by atoms with Crippen LogP contribution in [0.25, 0.3) is 0 Å². The summed E-state index contributed by atoms with van der Waals surface area (Å²) < 4.78 is 5.38. The Morgan fingerprint density at radius 2 is 1.86 bits per heavy atom. The van der Waals surface area contributed by atoms with Crippen LogP contribution in [0.5, 0.6) is 0 Å². The van der Waals surface area contributed by atoms with Crippen LogP contribution in [0.15, 0.2) is 0 Å². The first-order valence-electron chi connectivity index (χ1n) is 8.66. The summed E-state index contributed by atoms with van der Waals surface area (Å²) in [4.78, 5) is 13.6. The van der Waals surface area contributed by atoms with Gasteiger partial charge in [0.15, 0.2) is 0 Å². The molecule has 1 fully saturated rings. The van der Waals surface area contributed by atoms with Crippen molar-refractivity contribution in [2.75, 3.05) is 20.1 Å². The van der Waals surface area contributed by atoms with Gasteiger partial charge in [-0.15, -0.1) is 0 Å². The number of carbonyl (C=O) groups excluding carboxylic acids is 1. The molecule has 0 aromatic rings. The van der Waals surface area contributed by atoms with E-state index in [0.29, 0.717) is 17.4 Å². The lowest BCUT2D eigenvalue weighted by molar-refractivity contribution is 0.0275. The molecule has 130 valence electrons. The molecule has 4 nitrogen and oxygen atoms in total. The molecule has 1 aliphatic rings. The van der Waals surface area contributed by atoms with Gasteiger partial charge in [-0.3, -0.25) is 0 Å². The van der Waals surface area contributed by atoms with Crippen molar-refractivity contribution in [3.05, 3.63) is 0 Å². The van der Waals surface area contributed by atoms with Gasteiger partial charge in [0.05, 0.1) is 0 Å². The predicted molar refractivity (Wildman–Crippen MR) is 92.1 cm³/mol. The van der Waals surface area contributed by atoms with E-state index in [1.54, 1.807) is 4.90 Å². The van der Waals surface area contributed by atoms with Crippen LogP contribution in [-0.2, 0) is 4.74 Å². The first kappa shape index (κ1) is 19.3. The van der Waals surface area contributed by atoms with Gasteiger partial charge in [0.2, 0.25) is 0 Å². The quantitative estimate of drug-likeness (QED) is 0.832. The Morgan fingerprint density at radius 3 is 2.36 bits per heavy atom. The smallest absolute Gasteiger partial charge is 0.410 e. The molecule has 1 amide bonds. The molecular formula is C18H36N2O2. The largest absolute Gasteiger partial charge is 0.444 e. The molecule has 0 heterocycles. The highest BCUT2D eigenvalue weighted by Crippen LogP contribution is 2.34.